The van der Waals surface area contributed by atoms with Crippen molar-refractivity contribution < 1.29 is 14.4 Å². The largest absolute Gasteiger partial charge is 0.383 e. The number of amides is 3. The number of rotatable bonds is 6. The molecule has 0 saturated carbocycles. The van der Waals surface area contributed by atoms with E-state index < -0.39 is 29.0 Å². The molecule has 11 nitrogen and oxygen atoms in total. The van der Waals surface area contributed by atoms with Crippen molar-refractivity contribution in [3.63, 3.8) is 0 Å². The molecule has 0 atom stereocenters. The van der Waals surface area contributed by atoms with Gasteiger partial charge in [-0.1, -0.05) is 30.3 Å². The van der Waals surface area contributed by atoms with Crippen LogP contribution in [-0.2, 0) is 11.3 Å². The molecule has 0 saturated heterocycles. The number of carbonyl (C=O) groups excluding carboxylic acids is 3. The summed E-state index contributed by atoms with van der Waals surface area (Å²) in [6, 6.07) is 13.5. The van der Waals surface area contributed by atoms with E-state index in [-0.39, 0.29) is 35.7 Å². The Morgan fingerprint density at radius 1 is 1.03 bits per heavy atom. The second-order valence-electron chi connectivity index (χ2n) is 7.90. The van der Waals surface area contributed by atoms with Gasteiger partial charge in [-0.05, 0) is 23.8 Å². The number of fused-ring (bicyclic) bond motifs is 1. The highest BCUT2D eigenvalue weighted by Crippen LogP contribution is 2.25. The van der Waals surface area contributed by atoms with Crippen LogP contribution < -0.4 is 27.2 Å². The van der Waals surface area contributed by atoms with Gasteiger partial charge in [-0.15, -0.1) is 0 Å². The van der Waals surface area contributed by atoms with E-state index in [4.69, 9.17) is 5.73 Å². The molecule has 3 amide bonds. The van der Waals surface area contributed by atoms with Gasteiger partial charge in [0.25, 0.3) is 17.4 Å². The van der Waals surface area contributed by atoms with Gasteiger partial charge in [-0.3, -0.25) is 33.6 Å². The summed E-state index contributed by atoms with van der Waals surface area (Å²) in [6.07, 6.45) is 0. The van der Waals surface area contributed by atoms with Crippen LogP contribution in [0.25, 0.3) is 0 Å². The zero-order valence-corrected chi connectivity index (χ0v) is 18.5. The first-order chi connectivity index (χ1) is 16.2. The van der Waals surface area contributed by atoms with Crippen molar-refractivity contribution in [2.45, 2.75) is 6.54 Å². The smallest absolute Gasteiger partial charge is 0.330 e. The molecule has 0 fully saturated rings. The lowest BCUT2D eigenvalue weighted by molar-refractivity contribution is -0.114. The Morgan fingerprint density at radius 2 is 1.71 bits per heavy atom. The molecule has 174 valence electrons. The number of hydrogen-bond acceptors (Lipinski definition) is 7. The van der Waals surface area contributed by atoms with Gasteiger partial charge in [-0.2, -0.15) is 0 Å². The van der Waals surface area contributed by atoms with Crippen molar-refractivity contribution >= 4 is 34.9 Å². The molecule has 0 aliphatic carbocycles. The average molecular weight is 462 g/mol. The summed E-state index contributed by atoms with van der Waals surface area (Å²) in [5.41, 5.74) is 6.36. The van der Waals surface area contributed by atoms with Gasteiger partial charge < -0.3 is 16.0 Å². The molecule has 3 aromatic rings. The number of aromatic amines is 1. The topological polar surface area (TPSA) is 151 Å². The lowest BCUT2D eigenvalue weighted by Crippen LogP contribution is -2.39. The van der Waals surface area contributed by atoms with Crippen LogP contribution in [0.1, 0.15) is 26.3 Å². The van der Waals surface area contributed by atoms with E-state index >= 15 is 0 Å². The first-order valence-corrected chi connectivity index (χ1v) is 10.3. The predicted octanol–water partition coefficient (Wildman–Crippen LogP) is 0.468. The van der Waals surface area contributed by atoms with Gasteiger partial charge in [0.05, 0.1) is 24.2 Å². The number of hydrogen-bond donors (Lipinski definition) is 3. The van der Waals surface area contributed by atoms with Crippen molar-refractivity contribution in [2.75, 3.05) is 36.6 Å². The molecule has 34 heavy (non-hydrogen) atoms. The van der Waals surface area contributed by atoms with Gasteiger partial charge in [-0.25, -0.2) is 4.79 Å². The van der Waals surface area contributed by atoms with Gasteiger partial charge >= 0.3 is 5.69 Å². The maximum Gasteiger partial charge on any atom is 0.330 e. The standard InChI is InChI=1S/C23H22N6O5/c1-27(12-17(30)25-14-8-9-15-16(10-14)22(33)28(2)21(15)32)18-19(24)29(23(34)26-20(18)31)11-13-6-4-3-5-7-13/h3-10H,11-12,24H2,1-2H3,(H,25,30)(H,26,31,34). The van der Waals surface area contributed by atoms with Crippen molar-refractivity contribution in [1.29, 1.82) is 0 Å². The number of nitrogens with one attached hydrogen (secondary N) is 2. The molecule has 2 heterocycles. The van der Waals surface area contributed by atoms with E-state index in [0.29, 0.717) is 5.69 Å². The number of carbonyl (C=O) groups is 3. The number of H-pyrrole nitrogens is 1. The molecule has 1 aliphatic rings. The lowest BCUT2D eigenvalue weighted by Gasteiger charge is -2.21. The summed E-state index contributed by atoms with van der Waals surface area (Å²) in [5.74, 6) is -1.42. The average Bonchev–Trinajstić information content (AvgIpc) is 3.00. The van der Waals surface area contributed by atoms with Crippen LogP contribution in [0.2, 0.25) is 0 Å². The third-order valence-corrected chi connectivity index (χ3v) is 5.53. The zero-order valence-electron chi connectivity index (χ0n) is 18.5. The summed E-state index contributed by atoms with van der Waals surface area (Å²) in [5, 5.41) is 2.64. The second-order valence-corrected chi connectivity index (χ2v) is 7.90. The number of imide groups is 1. The van der Waals surface area contributed by atoms with E-state index in [1.54, 1.807) is 0 Å². The first-order valence-electron chi connectivity index (χ1n) is 10.3. The normalized spacial score (nSPS) is 12.6. The molecule has 4 N–H and O–H groups in total. The summed E-state index contributed by atoms with van der Waals surface area (Å²) in [7, 11) is 2.88. The fourth-order valence-corrected chi connectivity index (χ4v) is 3.80. The SMILES string of the molecule is CN1C(=O)c2ccc(NC(=O)CN(C)c3c(N)n(Cc4ccccc4)c(=O)[nH]c3=O)cc2C1=O. The van der Waals surface area contributed by atoms with E-state index in [1.165, 1.54) is 41.8 Å². The minimum Gasteiger partial charge on any atom is -0.383 e. The molecular formula is C23H22N6O5. The zero-order chi connectivity index (χ0) is 24.6. The first kappa shape index (κ1) is 22.5. The Hall–Kier alpha value is -4.67. The van der Waals surface area contributed by atoms with Crippen LogP contribution in [0, 0.1) is 0 Å². The fourth-order valence-electron chi connectivity index (χ4n) is 3.80. The Bertz CT molecular complexity index is 1430. The minimum atomic E-state index is -0.716. The number of benzene rings is 2. The fraction of sp³-hybridized carbons (Fsp3) is 0.174. The molecule has 1 aromatic heterocycles. The molecule has 0 spiro atoms. The van der Waals surface area contributed by atoms with E-state index in [0.717, 1.165) is 10.5 Å². The maximum atomic E-state index is 12.6. The Labute approximate surface area is 193 Å². The van der Waals surface area contributed by atoms with Gasteiger partial charge in [0.15, 0.2) is 0 Å². The number of likely N-dealkylation sites (N-methyl/N-ethyl adjacent to an activating group) is 1. The number of nitrogen functional groups attached to an aromatic ring is 1. The molecule has 0 unspecified atom stereocenters. The van der Waals surface area contributed by atoms with Crippen LogP contribution in [0.5, 0.6) is 0 Å². The number of anilines is 3. The monoisotopic (exact) mass is 462 g/mol. The summed E-state index contributed by atoms with van der Waals surface area (Å²) >= 11 is 0. The Morgan fingerprint density at radius 3 is 2.41 bits per heavy atom. The highest BCUT2D eigenvalue weighted by atomic mass is 16.2. The van der Waals surface area contributed by atoms with Crippen molar-refractivity contribution in [1.82, 2.24) is 14.5 Å². The van der Waals surface area contributed by atoms with Crippen LogP contribution in [-0.4, -0.2) is 52.8 Å². The molecule has 4 rings (SSSR count). The molecule has 0 bridgehead atoms. The molecular weight excluding hydrogens is 440 g/mol. The maximum absolute atomic E-state index is 12.6. The third-order valence-electron chi connectivity index (χ3n) is 5.53. The third kappa shape index (κ3) is 4.06. The minimum absolute atomic E-state index is 0.0259. The Kier molecular flexibility index (Phi) is 5.76. The molecule has 2 aromatic carbocycles. The summed E-state index contributed by atoms with van der Waals surface area (Å²) < 4.78 is 1.22. The second kappa shape index (κ2) is 8.70. The number of nitrogens with two attached hydrogens (primary N) is 1. The van der Waals surface area contributed by atoms with Crippen molar-refractivity contribution in [3.05, 3.63) is 86.1 Å². The van der Waals surface area contributed by atoms with Crippen molar-refractivity contribution in [2.24, 2.45) is 0 Å². The van der Waals surface area contributed by atoms with Gasteiger partial charge in [0.1, 0.15) is 11.5 Å². The van der Waals surface area contributed by atoms with Gasteiger partial charge in [0, 0.05) is 19.8 Å². The van der Waals surface area contributed by atoms with Crippen LogP contribution >= 0.6 is 0 Å². The summed E-state index contributed by atoms with van der Waals surface area (Å²) in [6.45, 7) is -0.119. The molecule has 0 radical (unpaired) electrons. The quantitative estimate of drug-likeness (QED) is 0.451. The highest BCUT2D eigenvalue weighted by Gasteiger charge is 2.32. The lowest BCUT2D eigenvalue weighted by atomic mass is 10.1. The predicted molar refractivity (Wildman–Crippen MR) is 126 cm³/mol. The number of aromatic nitrogens is 2. The Balaban J connectivity index is 1.53. The van der Waals surface area contributed by atoms with E-state index in [1.807, 2.05) is 30.3 Å². The van der Waals surface area contributed by atoms with E-state index in [2.05, 4.69) is 10.3 Å². The van der Waals surface area contributed by atoms with Crippen LogP contribution in [0.15, 0.2) is 58.1 Å². The molecule has 1 aliphatic heterocycles. The van der Waals surface area contributed by atoms with E-state index in [9.17, 15) is 24.0 Å². The highest BCUT2D eigenvalue weighted by molar-refractivity contribution is 6.21. The van der Waals surface area contributed by atoms with Gasteiger partial charge in [0.2, 0.25) is 5.91 Å². The van der Waals surface area contributed by atoms with Crippen molar-refractivity contribution in [3.8, 4) is 0 Å². The number of nitrogens with zero attached hydrogens (tertiary/aromatic N) is 3. The van der Waals surface area contributed by atoms with Crippen LogP contribution in [0.4, 0.5) is 17.2 Å². The van der Waals surface area contributed by atoms with Crippen LogP contribution in [0.3, 0.4) is 0 Å². The molecule has 11 heteroatoms. The summed E-state index contributed by atoms with van der Waals surface area (Å²) in [4.78, 5) is 66.2.